The number of halogens is 1. The number of alkyl carbamates (subject to hydrolysis) is 1. The predicted octanol–water partition coefficient (Wildman–Crippen LogP) is 3.68. The average molecular weight is 627 g/mol. The SMILES string of the molecule is CC#CCn1c(N2CCCC(NC(=O)OC(C)(C)C)C2)nc2c1c(=O)n(Cc1ccc(Cl)cc1C(=O)OC(C)C)c(=O)n2C. The number of nitrogens with one attached hydrogen (secondary N) is 1. The van der Waals surface area contributed by atoms with E-state index in [2.05, 4.69) is 17.2 Å². The zero-order valence-corrected chi connectivity index (χ0v) is 26.9. The second-order valence-electron chi connectivity index (χ2n) is 12.0. The molecule has 3 aromatic rings. The normalized spacial score (nSPS) is 15.2. The van der Waals surface area contributed by atoms with Crippen LogP contribution in [-0.4, -0.2) is 61.6 Å². The zero-order valence-electron chi connectivity index (χ0n) is 26.2. The second-order valence-corrected chi connectivity index (χ2v) is 12.5. The first kappa shape index (κ1) is 32.7. The Morgan fingerprint density at radius 1 is 1.20 bits per heavy atom. The molecule has 2 aromatic heterocycles. The summed E-state index contributed by atoms with van der Waals surface area (Å²) in [6.45, 7) is 11.6. The van der Waals surface area contributed by atoms with E-state index < -0.39 is 28.9 Å². The maximum atomic E-state index is 14.1. The summed E-state index contributed by atoms with van der Waals surface area (Å²) in [5.74, 6) is 5.75. The van der Waals surface area contributed by atoms with E-state index in [1.807, 2.05) is 4.90 Å². The van der Waals surface area contributed by atoms with Crippen molar-refractivity contribution >= 4 is 40.8 Å². The van der Waals surface area contributed by atoms with Gasteiger partial charge in [-0.05, 0) is 72.1 Å². The van der Waals surface area contributed by atoms with Crippen LogP contribution in [0.1, 0.15) is 70.3 Å². The topological polar surface area (TPSA) is 130 Å². The van der Waals surface area contributed by atoms with Crippen LogP contribution in [0.2, 0.25) is 5.02 Å². The van der Waals surface area contributed by atoms with Crippen molar-refractivity contribution in [1.82, 2.24) is 24.0 Å². The number of imidazole rings is 1. The maximum absolute atomic E-state index is 14.1. The molecule has 236 valence electrons. The Kier molecular flexibility index (Phi) is 9.78. The van der Waals surface area contributed by atoms with Gasteiger partial charge in [-0.3, -0.25) is 18.5 Å². The Balaban J connectivity index is 1.78. The molecule has 0 saturated carbocycles. The van der Waals surface area contributed by atoms with Crippen LogP contribution in [0.25, 0.3) is 11.2 Å². The molecule has 1 aromatic carbocycles. The third kappa shape index (κ3) is 7.27. The van der Waals surface area contributed by atoms with Crippen molar-refractivity contribution in [1.29, 1.82) is 0 Å². The van der Waals surface area contributed by atoms with Crippen molar-refractivity contribution < 1.29 is 19.1 Å². The van der Waals surface area contributed by atoms with Gasteiger partial charge in [0.15, 0.2) is 11.2 Å². The Morgan fingerprint density at radius 3 is 2.59 bits per heavy atom. The van der Waals surface area contributed by atoms with Crippen molar-refractivity contribution in [3.63, 3.8) is 0 Å². The van der Waals surface area contributed by atoms with Crippen LogP contribution in [0.5, 0.6) is 0 Å². The highest BCUT2D eigenvalue weighted by Gasteiger charge is 2.29. The van der Waals surface area contributed by atoms with E-state index in [4.69, 9.17) is 26.1 Å². The molecule has 1 amide bonds. The molecule has 0 bridgehead atoms. The van der Waals surface area contributed by atoms with E-state index in [1.54, 1.807) is 65.3 Å². The minimum absolute atomic E-state index is 0.156. The number of carbonyl (C=O) groups is 2. The fourth-order valence-electron chi connectivity index (χ4n) is 5.12. The Hall–Kier alpha value is -4.24. The number of rotatable bonds is 7. The molecule has 4 rings (SSSR count). The molecule has 1 saturated heterocycles. The van der Waals surface area contributed by atoms with Crippen molar-refractivity contribution in [2.75, 3.05) is 18.0 Å². The van der Waals surface area contributed by atoms with Gasteiger partial charge in [0.05, 0.1) is 24.8 Å². The number of carbonyl (C=O) groups excluding carboxylic acids is 2. The van der Waals surface area contributed by atoms with Gasteiger partial charge in [0.2, 0.25) is 5.95 Å². The van der Waals surface area contributed by atoms with Gasteiger partial charge in [-0.2, -0.15) is 4.98 Å². The Bertz CT molecular complexity index is 1750. The number of hydrogen-bond donors (Lipinski definition) is 1. The van der Waals surface area contributed by atoms with Gasteiger partial charge in [0.25, 0.3) is 5.56 Å². The molecule has 1 fully saturated rings. The van der Waals surface area contributed by atoms with E-state index in [0.717, 1.165) is 17.4 Å². The quantitative estimate of drug-likeness (QED) is 0.311. The fraction of sp³-hybridized carbons (Fsp3) is 0.516. The lowest BCUT2D eigenvalue weighted by molar-refractivity contribution is 0.0375. The van der Waals surface area contributed by atoms with Crippen molar-refractivity contribution in [2.24, 2.45) is 7.05 Å². The fourth-order valence-corrected chi connectivity index (χ4v) is 5.30. The summed E-state index contributed by atoms with van der Waals surface area (Å²) in [7, 11) is 1.55. The van der Waals surface area contributed by atoms with Gasteiger partial charge >= 0.3 is 17.8 Å². The van der Waals surface area contributed by atoms with Crippen LogP contribution < -0.4 is 21.5 Å². The van der Waals surface area contributed by atoms with Crippen LogP contribution in [0.15, 0.2) is 27.8 Å². The standard InChI is InChI=1S/C31H39ClN6O6/c1-8-9-15-37-24-25(34-28(37)36-14-10-11-22(18-36)33-29(41)44-31(4,5)6)35(7)30(42)38(26(24)39)17-20-12-13-21(32)16-23(20)27(40)43-19(2)3/h12-13,16,19,22H,10-11,14-15,17-18H2,1-7H3,(H,33,41). The number of benzene rings is 1. The van der Waals surface area contributed by atoms with E-state index in [1.165, 1.54) is 10.6 Å². The van der Waals surface area contributed by atoms with Crippen LogP contribution in [-0.2, 0) is 29.6 Å². The average Bonchev–Trinajstić information content (AvgIpc) is 3.32. The summed E-state index contributed by atoms with van der Waals surface area (Å²) >= 11 is 6.18. The molecule has 13 heteroatoms. The molecule has 3 heterocycles. The summed E-state index contributed by atoms with van der Waals surface area (Å²) in [4.78, 5) is 59.7. The number of fused-ring (bicyclic) bond motifs is 1. The minimum atomic E-state index is -0.628. The molecule has 0 spiro atoms. The number of esters is 1. The molecule has 1 atom stereocenters. The number of aromatic nitrogens is 4. The third-order valence-electron chi connectivity index (χ3n) is 7.01. The van der Waals surface area contributed by atoms with Crippen LogP contribution >= 0.6 is 11.6 Å². The van der Waals surface area contributed by atoms with Crippen molar-refractivity contribution in [3.8, 4) is 11.8 Å². The zero-order chi connectivity index (χ0) is 32.3. The highest BCUT2D eigenvalue weighted by molar-refractivity contribution is 6.31. The highest BCUT2D eigenvalue weighted by Crippen LogP contribution is 2.24. The largest absolute Gasteiger partial charge is 0.459 e. The number of hydrogen-bond acceptors (Lipinski definition) is 8. The number of ether oxygens (including phenoxy) is 2. The minimum Gasteiger partial charge on any atom is -0.459 e. The van der Waals surface area contributed by atoms with Crippen LogP contribution in [0.3, 0.4) is 0 Å². The van der Waals surface area contributed by atoms with Gasteiger partial charge in [0, 0.05) is 31.2 Å². The molecular weight excluding hydrogens is 588 g/mol. The van der Waals surface area contributed by atoms with Gasteiger partial charge in [-0.25, -0.2) is 14.4 Å². The van der Waals surface area contributed by atoms with E-state index in [-0.39, 0.29) is 42.0 Å². The summed E-state index contributed by atoms with van der Waals surface area (Å²) in [6, 6.07) is 4.45. The van der Waals surface area contributed by atoms with Crippen molar-refractivity contribution in [3.05, 3.63) is 55.2 Å². The summed E-state index contributed by atoms with van der Waals surface area (Å²) < 4.78 is 14.9. The summed E-state index contributed by atoms with van der Waals surface area (Å²) in [5.41, 5.74) is -0.806. The van der Waals surface area contributed by atoms with Gasteiger partial charge in [-0.15, -0.1) is 5.92 Å². The molecule has 1 aliphatic rings. The first-order valence-electron chi connectivity index (χ1n) is 14.5. The second kappa shape index (κ2) is 13.2. The van der Waals surface area contributed by atoms with Crippen LogP contribution in [0.4, 0.5) is 10.7 Å². The third-order valence-corrected chi connectivity index (χ3v) is 7.25. The molecule has 1 unspecified atom stereocenters. The van der Waals surface area contributed by atoms with Gasteiger partial charge in [-0.1, -0.05) is 23.6 Å². The van der Waals surface area contributed by atoms with E-state index >= 15 is 0 Å². The number of amides is 1. The Morgan fingerprint density at radius 2 is 1.93 bits per heavy atom. The van der Waals surface area contributed by atoms with E-state index in [9.17, 15) is 19.2 Å². The molecule has 0 radical (unpaired) electrons. The summed E-state index contributed by atoms with van der Waals surface area (Å²) in [5, 5.41) is 3.26. The Labute approximate surface area is 260 Å². The smallest absolute Gasteiger partial charge is 0.407 e. The van der Waals surface area contributed by atoms with Gasteiger partial charge in [0.1, 0.15) is 5.60 Å². The molecular formula is C31H39ClN6O6. The lowest BCUT2D eigenvalue weighted by Crippen LogP contribution is -2.49. The number of nitrogens with zero attached hydrogens (tertiary/aromatic N) is 5. The number of aryl methyl sites for hydroxylation is 1. The maximum Gasteiger partial charge on any atom is 0.407 e. The molecule has 1 N–H and O–H groups in total. The molecule has 12 nitrogen and oxygen atoms in total. The number of anilines is 1. The number of piperidine rings is 1. The van der Waals surface area contributed by atoms with Crippen molar-refractivity contribution in [2.45, 2.75) is 85.2 Å². The lowest BCUT2D eigenvalue weighted by atomic mass is 10.1. The first-order chi connectivity index (χ1) is 20.7. The highest BCUT2D eigenvalue weighted by atomic mass is 35.5. The van der Waals surface area contributed by atoms with Gasteiger partial charge < -0.3 is 19.7 Å². The summed E-state index contributed by atoms with van der Waals surface area (Å²) in [6.07, 6.45) is 0.637. The van der Waals surface area contributed by atoms with E-state index in [0.29, 0.717) is 29.6 Å². The van der Waals surface area contributed by atoms with Crippen LogP contribution in [0, 0.1) is 11.8 Å². The first-order valence-corrected chi connectivity index (χ1v) is 14.9. The predicted molar refractivity (Wildman–Crippen MR) is 168 cm³/mol. The monoisotopic (exact) mass is 626 g/mol. The molecule has 1 aliphatic heterocycles. The molecule has 44 heavy (non-hydrogen) atoms. The molecule has 0 aliphatic carbocycles. The lowest BCUT2D eigenvalue weighted by Gasteiger charge is -2.34.